The van der Waals surface area contributed by atoms with Gasteiger partial charge in [-0.05, 0) is 0 Å². The minimum absolute atomic E-state index is 0. The van der Waals surface area contributed by atoms with Gasteiger partial charge >= 0.3 is 42.1 Å². The fraction of sp³-hybridized carbons (Fsp3) is 1.00. The zero-order valence-electron chi connectivity index (χ0n) is 4.42. The van der Waals surface area contributed by atoms with Gasteiger partial charge in [0.1, 0.15) is 0 Å². The Labute approximate surface area is 51.5 Å². The van der Waals surface area contributed by atoms with Gasteiger partial charge in [0.25, 0.3) is 0 Å². The summed E-state index contributed by atoms with van der Waals surface area (Å²) in [6.45, 7) is 3.12. The molecule has 8 heavy (non-hydrogen) atoms. The molecule has 52 valence electrons. The molecule has 0 fully saturated rings. The van der Waals surface area contributed by atoms with Crippen LogP contribution < -0.4 is 0 Å². The molecule has 0 radical (unpaired) electrons. The van der Waals surface area contributed by atoms with Crippen LogP contribution in [0, 0.1) is 0 Å². The van der Waals surface area contributed by atoms with Crippen LogP contribution in [0.3, 0.4) is 0 Å². The molecular weight excluding hydrogens is 126 g/mol. The molecule has 0 rings (SSSR count). The average molecular weight is 140 g/mol. The van der Waals surface area contributed by atoms with E-state index in [2.05, 4.69) is 0 Å². The third-order valence-corrected chi connectivity index (χ3v) is 2.32. The molecule has 0 aromatic heterocycles. The molecular formula is C3H14BO3P. The maximum atomic E-state index is 8.34. The minimum atomic E-state index is -3.73. The molecule has 0 amide bonds. The van der Waals surface area contributed by atoms with Crippen molar-refractivity contribution in [2.75, 3.05) is 0 Å². The molecule has 0 atom stereocenters. The summed E-state index contributed by atoms with van der Waals surface area (Å²) in [5.74, 6) is 0. The van der Waals surface area contributed by atoms with Crippen LogP contribution >= 0.6 is 7.94 Å². The Bertz CT molecular complexity index is 60.0. The molecule has 0 spiro atoms. The van der Waals surface area contributed by atoms with E-state index in [0.29, 0.717) is 0 Å². The summed E-state index contributed by atoms with van der Waals surface area (Å²) in [6.07, 6.45) is 0. The third-order valence-electron chi connectivity index (χ3n) is 0.775. The van der Waals surface area contributed by atoms with Crippen molar-refractivity contribution in [3.63, 3.8) is 0 Å². The molecule has 0 aliphatic carbocycles. The van der Waals surface area contributed by atoms with Gasteiger partial charge in [0, 0.05) is 0 Å². The predicted octanol–water partition coefficient (Wildman–Crippen LogP) is -1.32. The Hall–Kier alpha value is 0.375. The van der Waals surface area contributed by atoms with Gasteiger partial charge in [0.15, 0.2) is 0 Å². The first-order valence-electron chi connectivity index (χ1n) is 2.11. The molecule has 0 bridgehead atoms. The summed E-state index contributed by atoms with van der Waals surface area (Å²) in [7, 11) is -3.73. The molecule has 0 unspecified atom stereocenters. The Morgan fingerprint density at radius 3 is 1.25 bits per heavy atom. The summed E-state index contributed by atoms with van der Waals surface area (Å²) in [5, 5.41) is 0. The van der Waals surface area contributed by atoms with Crippen molar-refractivity contribution in [1.82, 2.24) is 0 Å². The van der Waals surface area contributed by atoms with Crippen LogP contribution in [-0.2, 0) is 0 Å². The fourth-order valence-corrected chi connectivity index (χ4v) is 0. The van der Waals surface area contributed by atoms with Crippen LogP contribution in [0.15, 0.2) is 0 Å². The van der Waals surface area contributed by atoms with Gasteiger partial charge in [-0.25, -0.2) is 0 Å². The summed E-state index contributed by atoms with van der Waals surface area (Å²) < 4.78 is 0. The monoisotopic (exact) mass is 140 g/mol. The Balaban J connectivity index is 0. The fourth-order valence-electron chi connectivity index (χ4n) is 0. The molecule has 3 nitrogen and oxygen atoms in total. The summed E-state index contributed by atoms with van der Waals surface area (Å²) >= 11 is 0. The standard InChI is InChI=1S/C3H11O3P.BH3/c1-3(2)7(4,5)6;/h3-7H,1-2H3;1H3. The molecule has 0 saturated heterocycles. The average Bonchev–Trinajstić information content (AvgIpc) is 1.31. The van der Waals surface area contributed by atoms with Gasteiger partial charge in [0.05, 0.1) is 8.41 Å². The molecule has 3 N–H and O–H groups in total. The van der Waals surface area contributed by atoms with E-state index < -0.39 is 13.6 Å². The van der Waals surface area contributed by atoms with Crippen molar-refractivity contribution in [2.45, 2.75) is 19.5 Å². The van der Waals surface area contributed by atoms with Crippen molar-refractivity contribution in [1.29, 1.82) is 0 Å². The molecule has 0 heterocycles. The predicted molar refractivity (Wildman–Crippen MR) is 40.0 cm³/mol. The quantitative estimate of drug-likeness (QED) is 0.312. The van der Waals surface area contributed by atoms with Gasteiger partial charge in [-0.3, -0.25) is 0 Å². The summed E-state index contributed by atoms with van der Waals surface area (Å²) in [4.78, 5) is 25.0. The van der Waals surface area contributed by atoms with E-state index >= 15 is 0 Å². The first kappa shape index (κ1) is 11.2. The van der Waals surface area contributed by atoms with Crippen LogP contribution in [-0.4, -0.2) is 28.8 Å². The van der Waals surface area contributed by atoms with E-state index in [1.807, 2.05) is 0 Å². The van der Waals surface area contributed by atoms with Gasteiger partial charge in [-0.15, -0.1) is 0 Å². The van der Waals surface area contributed by atoms with Gasteiger partial charge in [-0.2, -0.15) is 0 Å². The maximum absolute atomic E-state index is 8.34. The van der Waals surface area contributed by atoms with Crippen molar-refractivity contribution in [2.24, 2.45) is 0 Å². The van der Waals surface area contributed by atoms with Crippen LogP contribution in [0.1, 0.15) is 13.8 Å². The van der Waals surface area contributed by atoms with Gasteiger partial charge < -0.3 is 0 Å². The van der Waals surface area contributed by atoms with Crippen molar-refractivity contribution < 1.29 is 14.7 Å². The second kappa shape index (κ2) is 3.41. The zero-order chi connectivity index (χ0) is 6.08. The first-order valence-corrected chi connectivity index (χ1v) is 4.03. The van der Waals surface area contributed by atoms with Crippen molar-refractivity contribution in [3.05, 3.63) is 0 Å². The number of rotatable bonds is 1. The van der Waals surface area contributed by atoms with E-state index in [-0.39, 0.29) is 8.41 Å². The van der Waals surface area contributed by atoms with Crippen LogP contribution in [0.4, 0.5) is 0 Å². The number of hydrogen-bond donors (Lipinski definition) is 3. The van der Waals surface area contributed by atoms with E-state index in [4.69, 9.17) is 14.7 Å². The normalized spacial score (nSPS) is 13.2. The second-order valence-corrected chi connectivity index (χ2v) is 4.37. The summed E-state index contributed by atoms with van der Waals surface area (Å²) in [6, 6.07) is 0. The molecule has 0 aromatic carbocycles. The second-order valence-electron chi connectivity index (χ2n) is 1.84. The van der Waals surface area contributed by atoms with E-state index in [9.17, 15) is 0 Å². The van der Waals surface area contributed by atoms with E-state index in [0.717, 1.165) is 0 Å². The Morgan fingerprint density at radius 1 is 1.12 bits per heavy atom. The van der Waals surface area contributed by atoms with Gasteiger partial charge in [-0.1, -0.05) is 0 Å². The van der Waals surface area contributed by atoms with E-state index in [1.54, 1.807) is 13.8 Å². The zero-order valence-corrected chi connectivity index (χ0v) is 5.42. The first-order chi connectivity index (χ1) is 2.94. The molecule has 0 aromatic rings. The van der Waals surface area contributed by atoms with Crippen LogP contribution in [0.25, 0.3) is 0 Å². The Morgan fingerprint density at radius 2 is 1.25 bits per heavy atom. The topological polar surface area (TPSA) is 60.7 Å². The van der Waals surface area contributed by atoms with Gasteiger partial charge in [0.2, 0.25) is 0 Å². The van der Waals surface area contributed by atoms with E-state index in [1.165, 1.54) is 0 Å². The SMILES string of the molecule is B.CC(C)[PH](O)(O)O. The Kier molecular flexibility index (Phi) is 4.78. The molecule has 5 heteroatoms. The van der Waals surface area contributed by atoms with Crippen molar-refractivity contribution in [3.8, 4) is 0 Å². The van der Waals surface area contributed by atoms with Crippen LogP contribution in [0.2, 0.25) is 0 Å². The number of hydrogen-bond acceptors (Lipinski definition) is 3. The van der Waals surface area contributed by atoms with Crippen molar-refractivity contribution >= 4 is 16.4 Å². The van der Waals surface area contributed by atoms with Crippen LogP contribution in [0.5, 0.6) is 0 Å². The molecule has 0 aliphatic heterocycles. The molecule has 0 saturated carbocycles. The third kappa shape index (κ3) is 4.53. The molecule has 0 aliphatic rings. The summed E-state index contributed by atoms with van der Waals surface area (Å²) in [5.41, 5.74) is -0.396.